The first-order valence-corrected chi connectivity index (χ1v) is 7.31. The van der Waals surface area contributed by atoms with Gasteiger partial charge in [0, 0.05) is 17.2 Å². The summed E-state index contributed by atoms with van der Waals surface area (Å²) in [6.07, 6.45) is 8.25. The van der Waals surface area contributed by atoms with Crippen LogP contribution in [0.15, 0.2) is 11.4 Å². The molecule has 86 valence electrons. The molecule has 0 spiro atoms. The third kappa shape index (κ3) is 1.84. The summed E-state index contributed by atoms with van der Waals surface area (Å²) in [4.78, 5) is 13.7. The van der Waals surface area contributed by atoms with E-state index in [0.29, 0.717) is 5.78 Å². The predicted molar refractivity (Wildman–Crippen MR) is 67.0 cm³/mol. The average Bonchev–Trinajstić information content (AvgIpc) is 2.70. The number of ketones is 1. The van der Waals surface area contributed by atoms with Crippen molar-refractivity contribution in [2.45, 2.75) is 50.9 Å². The summed E-state index contributed by atoms with van der Waals surface area (Å²) in [7, 11) is 0. The molecule has 0 aliphatic heterocycles. The zero-order chi connectivity index (χ0) is 11.0. The van der Waals surface area contributed by atoms with Crippen LogP contribution in [0.3, 0.4) is 0 Å². The van der Waals surface area contributed by atoms with E-state index >= 15 is 0 Å². The Labute approximate surface area is 101 Å². The molecule has 1 heterocycles. The Bertz CT molecular complexity index is 389. The first-order chi connectivity index (χ1) is 7.84. The molecule has 0 aromatic carbocycles. The fourth-order valence-corrected chi connectivity index (χ4v) is 3.93. The summed E-state index contributed by atoms with van der Waals surface area (Å²) < 4.78 is 0. The van der Waals surface area contributed by atoms with E-state index in [1.54, 1.807) is 0 Å². The third-order valence-electron chi connectivity index (χ3n) is 4.16. The number of thiophene rings is 1. The maximum absolute atomic E-state index is 12.3. The first-order valence-electron chi connectivity index (χ1n) is 6.43. The standard InChI is InChI=1S/C14H18OS/c15-13(9-10-3-1-4-10)11-5-2-6-14-12(11)7-8-16-14/h7-8,10-11H,1-6,9H2. The van der Waals surface area contributed by atoms with Gasteiger partial charge in [0.25, 0.3) is 0 Å². The minimum Gasteiger partial charge on any atom is -0.299 e. The molecule has 0 amide bonds. The first kappa shape index (κ1) is 10.5. The molecule has 1 unspecified atom stereocenters. The average molecular weight is 234 g/mol. The largest absolute Gasteiger partial charge is 0.299 e. The van der Waals surface area contributed by atoms with Gasteiger partial charge in [0.2, 0.25) is 0 Å². The Morgan fingerprint density at radius 3 is 2.94 bits per heavy atom. The number of aryl methyl sites for hydroxylation is 1. The predicted octanol–water partition coefficient (Wildman–Crippen LogP) is 3.93. The highest BCUT2D eigenvalue weighted by atomic mass is 32.1. The number of hydrogen-bond acceptors (Lipinski definition) is 2. The molecule has 0 saturated heterocycles. The van der Waals surface area contributed by atoms with E-state index in [2.05, 4.69) is 11.4 Å². The highest BCUT2D eigenvalue weighted by molar-refractivity contribution is 7.10. The Kier molecular flexibility index (Phi) is 2.84. The molecule has 2 heteroatoms. The number of fused-ring (bicyclic) bond motifs is 1. The van der Waals surface area contributed by atoms with Gasteiger partial charge in [-0.3, -0.25) is 4.79 Å². The van der Waals surface area contributed by atoms with Crippen molar-refractivity contribution in [1.29, 1.82) is 0 Å². The molecule has 0 radical (unpaired) electrons. The van der Waals surface area contributed by atoms with Gasteiger partial charge in [0.15, 0.2) is 0 Å². The van der Waals surface area contributed by atoms with Crippen molar-refractivity contribution >= 4 is 17.1 Å². The summed E-state index contributed by atoms with van der Waals surface area (Å²) in [5.74, 6) is 1.48. The van der Waals surface area contributed by atoms with E-state index in [1.165, 1.54) is 42.5 Å². The highest BCUT2D eigenvalue weighted by Crippen LogP contribution is 2.38. The van der Waals surface area contributed by atoms with Crippen molar-refractivity contribution in [2.75, 3.05) is 0 Å². The van der Waals surface area contributed by atoms with Crippen LogP contribution < -0.4 is 0 Å². The van der Waals surface area contributed by atoms with E-state index in [9.17, 15) is 4.79 Å². The lowest BCUT2D eigenvalue weighted by Crippen LogP contribution is -2.22. The molecule has 3 rings (SSSR count). The lowest BCUT2D eigenvalue weighted by atomic mass is 9.76. The molecule has 16 heavy (non-hydrogen) atoms. The Morgan fingerprint density at radius 1 is 1.31 bits per heavy atom. The van der Waals surface area contributed by atoms with Crippen LogP contribution in [0, 0.1) is 5.92 Å². The van der Waals surface area contributed by atoms with Crippen LogP contribution in [0.2, 0.25) is 0 Å². The number of rotatable bonds is 3. The van der Waals surface area contributed by atoms with Crippen LogP contribution in [0.4, 0.5) is 0 Å². The van der Waals surface area contributed by atoms with Crippen molar-refractivity contribution in [3.8, 4) is 0 Å². The molecular weight excluding hydrogens is 216 g/mol. The molecule has 2 aliphatic rings. The maximum atomic E-state index is 12.3. The summed E-state index contributed by atoms with van der Waals surface area (Å²) in [6, 6.07) is 2.18. The molecule has 0 N–H and O–H groups in total. The molecule has 1 nitrogen and oxygen atoms in total. The monoisotopic (exact) mass is 234 g/mol. The van der Waals surface area contributed by atoms with Crippen LogP contribution >= 0.6 is 11.3 Å². The fourth-order valence-electron chi connectivity index (χ4n) is 2.94. The normalized spacial score (nSPS) is 24.9. The Balaban J connectivity index is 1.73. The lowest BCUT2D eigenvalue weighted by molar-refractivity contribution is -0.122. The van der Waals surface area contributed by atoms with E-state index < -0.39 is 0 Å². The molecule has 1 atom stereocenters. The molecular formula is C14H18OS. The van der Waals surface area contributed by atoms with Crippen LogP contribution in [0.5, 0.6) is 0 Å². The molecule has 1 fully saturated rings. The van der Waals surface area contributed by atoms with E-state index in [-0.39, 0.29) is 5.92 Å². The van der Waals surface area contributed by atoms with E-state index in [1.807, 2.05) is 11.3 Å². The van der Waals surface area contributed by atoms with Gasteiger partial charge in [-0.2, -0.15) is 0 Å². The van der Waals surface area contributed by atoms with Gasteiger partial charge in [-0.1, -0.05) is 19.3 Å². The van der Waals surface area contributed by atoms with Crippen molar-refractivity contribution in [3.05, 3.63) is 21.9 Å². The summed E-state index contributed by atoms with van der Waals surface area (Å²) in [5, 5.41) is 2.15. The number of hydrogen-bond donors (Lipinski definition) is 0. The van der Waals surface area contributed by atoms with Crippen LogP contribution in [-0.4, -0.2) is 5.78 Å². The van der Waals surface area contributed by atoms with Crippen molar-refractivity contribution in [3.63, 3.8) is 0 Å². The molecule has 1 saturated carbocycles. The number of carbonyl (C=O) groups excluding carboxylic acids is 1. The summed E-state index contributed by atoms with van der Waals surface area (Å²) >= 11 is 1.83. The zero-order valence-electron chi connectivity index (χ0n) is 9.58. The van der Waals surface area contributed by atoms with Crippen LogP contribution in [-0.2, 0) is 11.2 Å². The second kappa shape index (κ2) is 4.33. The van der Waals surface area contributed by atoms with Gasteiger partial charge in [-0.15, -0.1) is 11.3 Å². The highest BCUT2D eigenvalue weighted by Gasteiger charge is 2.30. The topological polar surface area (TPSA) is 17.1 Å². The van der Waals surface area contributed by atoms with Crippen molar-refractivity contribution in [1.82, 2.24) is 0 Å². The van der Waals surface area contributed by atoms with Gasteiger partial charge in [-0.25, -0.2) is 0 Å². The molecule has 2 aliphatic carbocycles. The Morgan fingerprint density at radius 2 is 2.19 bits per heavy atom. The van der Waals surface area contributed by atoms with Crippen molar-refractivity contribution < 1.29 is 4.79 Å². The summed E-state index contributed by atoms with van der Waals surface area (Å²) in [6.45, 7) is 0. The number of carbonyl (C=O) groups is 1. The lowest BCUT2D eigenvalue weighted by Gasteiger charge is -2.28. The summed E-state index contributed by atoms with van der Waals surface area (Å²) in [5.41, 5.74) is 1.36. The maximum Gasteiger partial charge on any atom is 0.140 e. The van der Waals surface area contributed by atoms with Crippen LogP contribution in [0.1, 0.15) is 54.9 Å². The van der Waals surface area contributed by atoms with Gasteiger partial charge in [0.05, 0.1) is 0 Å². The van der Waals surface area contributed by atoms with Gasteiger partial charge in [-0.05, 0) is 42.2 Å². The van der Waals surface area contributed by atoms with Crippen molar-refractivity contribution in [2.24, 2.45) is 5.92 Å². The van der Waals surface area contributed by atoms with E-state index in [4.69, 9.17) is 0 Å². The second-order valence-corrected chi connectivity index (χ2v) is 6.21. The number of Topliss-reactive ketones (excluding diaryl/α,β-unsaturated/α-hetero) is 1. The molecule has 1 aromatic heterocycles. The minimum atomic E-state index is 0.246. The van der Waals surface area contributed by atoms with E-state index in [0.717, 1.165) is 18.8 Å². The Hall–Kier alpha value is -0.630. The smallest absolute Gasteiger partial charge is 0.140 e. The van der Waals surface area contributed by atoms with Crippen LogP contribution in [0.25, 0.3) is 0 Å². The quantitative estimate of drug-likeness (QED) is 0.774. The third-order valence-corrected chi connectivity index (χ3v) is 5.15. The second-order valence-electron chi connectivity index (χ2n) is 5.21. The molecule has 0 bridgehead atoms. The zero-order valence-corrected chi connectivity index (χ0v) is 10.4. The van der Waals surface area contributed by atoms with Gasteiger partial charge >= 0.3 is 0 Å². The molecule has 1 aromatic rings. The SMILES string of the molecule is O=C(CC1CCC1)C1CCCc2sccc21. The minimum absolute atomic E-state index is 0.246. The van der Waals surface area contributed by atoms with Gasteiger partial charge in [0.1, 0.15) is 5.78 Å². The fraction of sp³-hybridized carbons (Fsp3) is 0.643. The van der Waals surface area contributed by atoms with Gasteiger partial charge < -0.3 is 0 Å².